The van der Waals surface area contributed by atoms with Gasteiger partial charge in [-0.05, 0) is 49.4 Å². The van der Waals surface area contributed by atoms with Gasteiger partial charge in [0.05, 0.1) is 0 Å². The first kappa shape index (κ1) is 14.2. The van der Waals surface area contributed by atoms with E-state index in [1.807, 2.05) is 0 Å². The van der Waals surface area contributed by atoms with Crippen molar-refractivity contribution in [2.75, 3.05) is 6.54 Å². The second-order valence-electron chi connectivity index (χ2n) is 5.15. The molecular formula is C16H27N. The Kier molecular flexibility index (Phi) is 5.70. The van der Waals surface area contributed by atoms with Crippen LogP contribution in [0.3, 0.4) is 0 Å². The third-order valence-corrected chi connectivity index (χ3v) is 3.63. The highest BCUT2D eigenvalue weighted by atomic mass is 14.9. The van der Waals surface area contributed by atoms with Gasteiger partial charge in [-0.1, -0.05) is 45.4 Å². The molecule has 0 aliphatic rings. The maximum absolute atomic E-state index is 3.63. The summed E-state index contributed by atoms with van der Waals surface area (Å²) >= 11 is 0. The maximum atomic E-state index is 3.63. The van der Waals surface area contributed by atoms with Crippen LogP contribution >= 0.6 is 0 Å². The Labute approximate surface area is 107 Å². The van der Waals surface area contributed by atoms with Crippen molar-refractivity contribution in [3.05, 3.63) is 34.9 Å². The molecule has 2 unspecified atom stereocenters. The summed E-state index contributed by atoms with van der Waals surface area (Å²) in [7, 11) is 0. The molecule has 0 aliphatic heterocycles. The second kappa shape index (κ2) is 6.80. The minimum absolute atomic E-state index is 0.499. The van der Waals surface area contributed by atoms with Crippen LogP contribution in [-0.4, -0.2) is 6.54 Å². The lowest BCUT2D eigenvalue weighted by Crippen LogP contribution is -2.26. The second-order valence-corrected chi connectivity index (χ2v) is 5.15. The summed E-state index contributed by atoms with van der Waals surface area (Å²) in [5.41, 5.74) is 4.22. The number of hydrogen-bond donors (Lipinski definition) is 1. The first-order valence-corrected chi connectivity index (χ1v) is 6.90. The van der Waals surface area contributed by atoms with E-state index in [2.05, 4.69) is 58.1 Å². The Hall–Kier alpha value is -0.820. The molecule has 1 rings (SSSR count). The van der Waals surface area contributed by atoms with Gasteiger partial charge >= 0.3 is 0 Å². The molecule has 0 radical (unpaired) electrons. The minimum Gasteiger partial charge on any atom is -0.310 e. The molecule has 1 nitrogen and oxygen atoms in total. The fraction of sp³-hybridized carbons (Fsp3) is 0.625. The molecular weight excluding hydrogens is 206 g/mol. The van der Waals surface area contributed by atoms with E-state index >= 15 is 0 Å². The normalized spacial score (nSPS) is 14.6. The molecule has 1 aromatic rings. The zero-order chi connectivity index (χ0) is 12.8. The van der Waals surface area contributed by atoms with Crippen LogP contribution in [-0.2, 0) is 0 Å². The zero-order valence-corrected chi connectivity index (χ0v) is 12.0. The Morgan fingerprint density at radius 1 is 1.12 bits per heavy atom. The Morgan fingerprint density at radius 3 is 2.35 bits per heavy atom. The highest BCUT2D eigenvalue weighted by molar-refractivity contribution is 5.32. The van der Waals surface area contributed by atoms with Crippen LogP contribution in [0.4, 0.5) is 0 Å². The van der Waals surface area contributed by atoms with Gasteiger partial charge in [-0.15, -0.1) is 0 Å². The predicted molar refractivity (Wildman–Crippen MR) is 76.4 cm³/mol. The molecule has 1 aromatic carbocycles. The van der Waals surface area contributed by atoms with E-state index in [-0.39, 0.29) is 0 Å². The first-order chi connectivity index (χ1) is 8.10. The lowest BCUT2D eigenvalue weighted by atomic mass is 9.89. The fourth-order valence-corrected chi connectivity index (χ4v) is 2.45. The average molecular weight is 233 g/mol. The predicted octanol–water partition coefficient (Wildman–Crippen LogP) is 4.39. The Morgan fingerprint density at radius 2 is 1.82 bits per heavy atom. The van der Waals surface area contributed by atoms with E-state index in [4.69, 9.17) is 0 Å². The number of nitrogens with one attached hydrogen (secondary N) is 1. The molecule has 0 fully saturated rings. The van der Waals surface area contributed by atoms with Gasteiger partial charge in [0, 0.05) is 6.04 Å². The van der Waals surface area contributed by atoms with Crippen molar-refractivity contribution in [2.45, 2.75) is 53.5 Å². The summed E-state index contributed by atoms with van der Waals surface area (Å²) in [4.78, 5) is 0. The monoisotopic (exact) mass is 233 g/mol. The van der Waals surface area contributed by atoms with Crippen LogP contribution in [0.5, 0.6) is 0 Å². The van der Waals surface area contributed by atoms with Crippen LogP contribution in [0.2, 0.25) is 0 Å². The molecule has 0 heterocycles. The molecule has 0 aliphatic carbocycles. The van der Waals surface area contributed by atoms with E-state index in [1.165, 1.54) is 29.5 Å². The number of hydrogen-bond acceptors (Lipinski definition) is 1. The summed E-state index contributed by atoms with van der Waals surface area (Å²) in [6.07, 6.45) is 2.54. The van der Waals surface area contributed by atoms with Crippen molar-refractivity contribution in [3.8, 4) is 0 Å². The molecule has 0 bridgehead atoms. The molecule has 0 amide bonds. The van der Waals surface area contributed by atoms with Gasteiger partial charge < -0.3 is 5.32 Å². The SMILES string of the molecule is CCCC(C)C(NCC)c1ccc(C)c(C)c1. The van der Waals surface area contributed by atoms with Gasteiger partial charge in [-0.25, -0.2) is 0 Å². The lowest BCUT2D eigenvalue weighted by Gasteiger charge is -2.25. The summed E-state index contributed by atoms with van der Waals surface area (Å²) < 4.78 is 0. The molecule has 0 saturated heterocycles. The summed E-state index contributed by atoms with van der Waals surface area (Å²) in [5.74, 6) is 0.696. The summed E-state index contributed by atoms with van der Waals surface area (Å²) in [6.45, 7) is 12.2. The maximum Gasteiger partial charge on any atom is 0.0346 e. The zero-order valence-electron chi connectivity index (χ0n) is 12.0. The summed E-state index contributed by atoms with van der Waals surface area (Å²) in [5, 5.41) is 3.63. The average Bonchev–Trinajstić information content (AvgIpc) is 2.30. The highest BCUT2D eigenvalue weighted by Gasteiger charge is 2.17. The number of benzene rings is 1. The van der Waals surface area contributed by atoms with Crippen LogP contribution in [0.15, 0.2) is 18.2 Å². The van der Waals surface area contributed by atoms with Crippen LogP contribution in [0, 0.1) is 19.8 Å². The van der Waals surface area contributed by atoms with Crippen molar-refractivity contribution >= 4 is 0 Å². The van der Waals surface area contributed by atoms with E-state index in [0.29, 0.717) is 12.0 Å². The highest BCUT2D eigenvalue weighted by Crippen LogP contribution is 2.26. The Bertz CT molecular complexity index is 343. The standard InChI is InChI=1S/C16H27N/c1-6-8-13(4)16(17-7-2)15-10-9-12(3)14(5)11-15/h9-11,13,16-17H,6-8H2,1-5H3. The van der Waals surface area contributed by atoms with Crippen molar-refractivity contribution in [1.82, 2.24) is 5.32 Å². The van der Waals surface area contributed by atoms with Crippen molar-refractivity contribution in [2.24, 2.45) is 5.92 Å². The van der Waals surface area contributed by atoms with Crippen LogP contribution in [0.25, 0.3) is 0 Å². The molecule has 0 spiro atoms. The Balaban J connectivity index is 2.92. The molecule has 0 saturated carbocycles. The number of rotatable bonds is 6. The van der Waals surface area contributed by atoms with Gasteiger partial charge in [0.2, 0.25) is 0 Å². The summed E-state index contributed by atoms with van der Waals surface area (Å²) in [6, 6.07) is 7.36. The molecule has 17 heavy (non-hydrogen) atoms. The van der Waals surface area contributed by atoms with Crippen LogP contribution < -0.4 is 5.32 Å². The lowest BCUT2D eigenvalue weighted by molar-refractivity contribution is 0.369. The fourth-order valence-electron chi connectivity index (χ4n) is 2.45. The van der Waals surface area contributed by atoms with Gasteiger partial charge in [0.25, 0.3) is 0 Å². The van der Waals surface area contributed by atoms with Crippen molar-refractivity contribution < 1.29 is 0 Å². The van der Waals surface area contributed by atoms with E-state index in [1.54, 1.807) is 0 Å². The molecule has 2 atom stereocenters. The van der Waals surface area contributed by atoms with Crippen molar-refractivity contribution in [3.63, 3.8) is 0 Å². The van der Waals surface area contributed by atoms with E-state index in [0.717, 1.165) is 6.54 Å². The molecule has 0 aromatic heterocycles. The largest absolute Gasteiger partial charge is 0.310 e. The van der Waals surface area contributed by atoms with E-state index in [9.17, 15) is 0 Å². The van der Waals surface area contributed by atoms with Crippen molar-refractivity contribution in [1.29, 1.82) is 0 Å². The molecule has 96 valence electrons. The third kappa shape index (κ3) is 3.85. The van der Waals surface area contributed by atoms with Gasteiger partial charge in [-0.2, -0.15) is 0 Å². The smallest absolute Gasteiger partial charge is 0.0346 e. The third-order valence-electron chi connectivity index (χ3n) is 3.63. The first-order valence-electron chi connectivity index (χ1n) is 6.90. The number of aryl methyl sites for hydroxylation is 2. The quantitative estimate of drug-likeness (QED) is 0.768. The topological polar surface area (TPSA) is 12.0 Å². The van der Waals surface area contributed by atoms with E-state index < -0.39 is 0 Å². The van der Waals surface area contributed by atoms with Gasteiger partial charge in [0.1, 0.15) is 0 Å². The minimum atomic E-state index is 0.499. The van der Waals surface area contributed by atoms with Gasteiger partial charge in [-0.3, -0.25) is 0 Å². The molecule has 1 heteroatoms. The molecule has 1 N–H and O–H groups in total. The van der Waals surface area contributed by atoms with Crippen LogP contribution in [0.1, 0.15) is 56.3 Å². The van der Waals surface area contributed by atoms with Gasteiger partial charge in [0.15, 0.2) is 0 Å².